The second-order valence-corrected chi connectivity index (χ2v) is 12.4. The fraction of sp³-hybridized carbons (Fsp3) is 0.333. The molecule has 0 unspecified atom stereocenters. The number of likely N-dealkylation sites (tertiary alicyclic amines) is 1. The highest BCUT2D eigenvalue weighted by Crippen LogP contribution is 2.41. The van der Waals surface area contributed by atoms with Gasteiger partial charge in [-0.25, -0.2) is 9.97 Å². The highest BCUT2D eigenvalue weighted by atomic mass is 35.5. The van der Waals surface area contributed by atoms with E-state index in [1.165, 1.54) is 0 Å². The minimum atomic E-state index is -0.323. The van der Waals surface area contributed by atoms with Crippen molar-refractivity contribution < 1.29 is 14.3 Å². The summed E-state index contributed by atoms with van der Waals surface area (Å²) in [7, 11) is 5.53. The second-order valence-electron chi connectivity index (χ2n) is 11.6. The molecule has 2 N–H and O–H groups in total. The Bertz CT molecular complexity index is 1750. The van der Waals surface area contributed by atoms with Gasteiger partial charge in [0.1, 0.15) is 0 Å². The number of nitrogens with zero attached hydrogens (tertiary/aromatic N) is 5. The van der Waals surface area contributed by atoms with Crippen molar-refractivity contribution in [3.05, 3.63) is 81.4 Å². The maximum Gasteiger partial charge on any atom is 0.291 e. The highest BCUT2D eigenvalue weighted by molar-refractivity contribution is 6.39. The van der Waals surface area contributed by atoms with E-state index in [1.807, 2.05) is 61.1 Å². The number of likely N-dealkylation sites (N-methyl/N-ethyl adjacent to an activating group) is 1. The van der Waals surface area contributed by atoms with Gasteiger partial charge < -0.3 is 24.8 Å². The fourth-order valence-corrected chi connectivity index (χ4v) is 6.72. The minimum Gasteiger partial charge on any atom is -0.481 e. The molecular formula is C33H35Cl2N7O3. The van der Waals surface area contributed by atoms with Gasteiger partial charge in [0, 0.05) is 86.6 Å². The first-order valence-electron chi connectivity index (χ1n) is 14.8. The van der Waals surface area contributed by atoms with Crippen LogP contribution in [0.15, 0.2) is 48.5 Å². The Morgan fingerprint density at radius 3 is 2.51 bits per heavy atom. The van der Waals surface area contributed by atoms with Gasteiger partial charge in [0.15, 0.2) is 5.82 Å². The zero-order chi connectivity index (χ0) is 31.7. The molecular weight excluding hydrogens is 613 g/mol. The third-order valence-corrected chi connectivity index (χ3v) is 9.32. The van der Waals surface area contributed by atoms with Gasteiger partial charge in [0.25, 0.3) is 5.91 Å². The molecule has 12 heteroatoms. The number of amides is 2. The first kappa shape index (κ1) is 31.0. The Hall–Kier alpha value is -3.96. The van der Waals surface area contributed by atoms with Gasteiger partial charge in [0.2, 0.25) is 12.3 Å². The molecule has 1 fully saturated rings. The first-order chi connectivity index (χ1) is 21.8. The Morgan fingerprint density at radius 1 is 1.02 bits per heavy atom. The van der Waals surface area contributed by atoms with Crippen LogP contribution in [0.4, 0.5) is 5.69 Å². The summed E-state index contributed by atoms with van der Waals surface area (Å²) in [6.45, 7) is 4.84. The number of hydrogen-bond acceptors (Lipinski definition) is 7. The summed E-state index contributed by atoms with van der Waals surface area (Å²) in [5.74, 6) is 1.02. The highest BCUT2D eigenvalue weighted by Gasteiger charge is 2.28. The van der Waals surface area contributed by atoms with E-state index < -0.39 is 0 Å². The zero-order valence-electron chi connectivity index (χ0n) is 25.4. The smallest absolute Gasteiger partial charge is 0.291 e. The van der Waals surface area contributed by atoms with E-state index in [4.69, 9.17) is 32.9 Å². The number of aromatic nitrogens is 3. The zero-order valence-corrected chi connectivity index (χ0v) is 27.0. The fourth-order valence-electron chi connectivity index (χ4n) is 6.12. The summed E-state index contributed by atoms with van der Waals surface area (Å²) in [5, 5.41) is 6.57. The number of nitrogens with one attached hydrogen (secondary N) is 2. The van der Waals surface area contributed by atoms with Crippen LogP contribution in [-0.2, 0) is 31.4 Å². The first-order valence-corrected chi connectivity index (χ1v) is 15.6. The number of fused-ring (bicyclic) bond motifs is 1. The van der Waals surface area contributed by atoms with Crippen LogP contribution in [0.1, 0.15) is 27.6 Å². The Balaban J connectivity index is 1.22. The van der Waals surface area contributed by atoms with E-state index in [0.29, 0.717) is 69.8 Å². The maximum atomic E-state index is 13.3. The summed E-state index contributed by atoms with van der Waals surface area (Å²) in [5.41, 5.74) is 6.25. The van der Waals surface area contributed by atoms with Crippen LogP contribution in [0.2, 0.25) is 10.0 Å². The number of carbonyl (C=O) groups excluding carboxylic acids is 2. The van der Waals surface area contributed by atoms with Gasteiger partial charge in [-0.1, -0.05) is 59.6 Å². The number of anilines is 1. The summed E-state index contributed by atoms with van der Waals surface area (Å²) in [6, 6.07) is 15.1. The molecule has 0 bridgehead atoms. The van der Waals surface area contributed by atoms with Crippen molar-refractivity contribution in [2.75, 3.05) is 45.7 Å². The van der Waals surface area contributed by atoms with Crippen molar-refractivity contribution in [2.45, 2.75) is 19.5 Å². The van der Waals surface area contributed by atoms with Crippen molar-refractivity contribution in [1.29, 1.82) is 0 Å². The normalized spacial score (nSPS) is 15.3. The molecule has 4 heterocycles. The van der Waals surface area contributed by atoms with Crippen LogP contribution in [0.5, 0.6) is 5.88 Å². The van der Waals surface area contributed by atoms with Crippen LogP contribution in [0, 0.1) is 5.92 Å². The van der Waals surface area contributed by atoms with Crippen molar-refractivity contribution in [3.8, 4) is 28.3 Å². The number of methoxy groups -OCH3 is 1. The molecule has 2 aliphatic heterocycles. The van der Waals surface area contributed by atoms with E-state index in [9.17, 15) is 9.59 Å². The maximum absolute atomic E-state index is 13.3. The summed E-state index contributed by atoms with van der Waals surface area (Å²) in [4.78, 5) is 37.8. The molecule has 0 aliphatic carbocycles. The molecule has 2 amide bonds. The molecule has 2 aromatic heterocycles. The largest absolute Gasteiger partial charge is 0.481 e. The molecule has 0 saturated carbocycles. The molecule has 2 aromatic carbocycles. The number of pyridine rings is 1. The molecule has 234 valence electrons. The van der Waals surface area contributed by atoms with Crippen LogP contribution < -0.4 is 15.4 Å². The number of hydrogen-bond donors (Lipinski definition) is 2. The van der Waals surface area contributed by atoms with E-state index in [0.717, 1.165) is 55.0 Å². The standard InChI is InChI=1S/C33H35Cl2N7O3/c1-40-13-12-28-27(18-40)37-31(41(28)2)32(44)38-26-9-5-7-23(30(26)35)22-6-4-8-24(29(22)34)25-11-10-21(33(39-25)45-3)17-42-15-20(16-42)14-36-19-43/h4-11,19-20H,12-18H2,1-3H3,(H,36,43)(H,38,44). The van der Waals surface area contributed by atoms with Crippen molar-refractivity contribution in [1.82, 2.24) is 29.7 Å². The average molecular weight is 649 g/mol. The lowest BCUT2D eigenvalue weighted by Crippen LogP contribution is -2.49. The molecule has 1 saturated heterocycles. The minimum absolute atomic E-state index is 0.323. The number of halogens is 2. The Morgan fingerprint density at radius 2 is 1.76 bits per heavy atom. The van der Waals surface area contributed by atoms with Crippen LogP contribution in [-0.4, -0.2) is 77.0 Å². The van der Waals surface area contributed by atoms with Gasteiger partial charge in [-0.15, -0.1) is 0 Å². The van der Waals surface area contributed by atoms with E-state index in [1.54, 1.807) is 13.2 Å². The summed E-state index contributed by atoms with van der Waals surface area (Å²) >= 11 is 13.9. The van der Waals surface area contributed by atoms with Gasteiger partial charge >= 0.3 is 0 Å². The molecule has 10 nitrogen and oxygen atoms in total. The second kappa shape index (κ2) is 13.2. The third kappa shape index (κ3) is 6.28. The molecule has 0 atom stereocenters. The molecule has 45 heavy (non-hydrogen) atoms. The summed E-state index contributed by atoms with van der Waals surface area (Å²) in [6.07, 6.45) is 1.59. The van der Waals surface area contributed by atoms with Gasteiger partial charge in [0.05, 0.1) is 34.2 Å². The van der Waals surface area contributed by atoms with Crippen LogP contribution in [0.3, 0.4) is 0 Å². The Kier molecular flexibility index (Phi) is 9.09. The number of benzene rings is 2. The average Bonchev–Trinajstić information content (AvgIpc) is 3.34. The number of imidazole rings is 1. The van der Waals surface area contributed by atoms with Gasteiger partial charge in [-0.05, 0) is 19.2 Å². The molecule has 0 spiro atoms. The summed E-state index contributed by atoms with van der Waals surface area (Å²) < 4.78 is 7.53. The predicted molar refractivity (Wildman–Crippen MR) is 176 cm³/mol. The third-order valence-electron chi connectivity index (χ3n) is 8.51. The number of ether oxygens (including phenoxy) is 1. The lowest BCUT2D eigenvalue weighted by atomic mass is 9.98. The van der Waals surface area contributed by atoms with Crippen molar-refractivity contribution in [2.24, 2.45) is 13.0 Å². The predicted octanol–water partition coefficient (Wildman–Crippen LogP) is 4.88. The van der Waals surface area contributed by atoms with Crippen molar-refractivity contribution >= 4 is 41.2 Å². The van der Waals surface area contributed by atoms with E-state index >= 15 is 0 Å². The molecule has 0 radical (unpaired) electrons. The SMILES string of the molecule is COc1nc(-c2cccc(-c3cccc(NC(=O)c4nc5c(n4C)CCN(C)C5)c3Cl)c2Cl)ccc1CN1CC(CNC=O)C1. The topological polar surface area (TPSA) is 105 Å². The lowest BCUT2D eigenvalue weighted by Gasteiger charge is -2.39. The molecule has 6 rings (SSSR count). The van der Waals surface area contributed by atoms with Crippen molar-refractivity contribution in [3.63, 3.8) is 0 Å². The Labute approximate surface area is 272 Å². The number of rotatable bonds is 10. The van der Waals surface area contributed by atoms with E-state index in [2.05, 4.69) is 25.4 Å². The van der Waals surface area contributed by atoms with Crippen LogP contribution >= 0.6 is 23.2 Å². The van der Waals surface area contributed by atoms with E-state index in [-0.39, 0.29) is 5.91 Å². The number of carbonyl (C=O) groups is 2. The molecule has 4 aromatic rings. The lowest BCUT2D eigenvalue weighted by molar-refractivity contribution is -0.110. The monoisotopic (exact) mass is 647 g/mol. The molecule has 2 aliphatic rings. The van der Waals surface area contributed by atoms with Crippen LogP contribution in [0.25, 0.3) is 22.4 Å². The van der Waals surface area contributed by atoms with Gasteiger partial charge in [-0.3, -0.25) is 14.5 Å². The van der Waals surface area contributed by atoms with Gasteiger partial charge in [-0.2, -0.15) is 0 Å². The quantitative estimate of drug-likeness (QED) is 0.236.